The number of cyclic esters (lactones) is 2. The number of aliphatic hydroxyl groups is 2. The molecule has 41 heteroatoms. The molecule has 0 saturated carbocycles. The van der Waals surface area contributed by atoms with E-state index in [-0.39, 0.29) is 122 Å². The minimum Gasteiger partial charge on any atom is -0.506 e. The van der Waals surface area contributed by atoms with Crippen LogP contribution in [0.25, 0.3) is 49.3 Å². The van der Waals surface area contributed by atoms with Crippen molar-refractivity contribution in [1.29, 1.82) is 0 Å². The number of allylic oxidation sites excluding steroid dienone is 1. The van der Waals surface area contributed by atoms with E-state index >= 15 is 19.2 Å². The van der Waals surface area contributed by atoms with Crippen LogP contribution in [0.3, 0.4) is 0 Å². The zero-order valence-corrected chi connectivity index (χ0v) is 61.2. The summed E-state index contributed by atoms with van der Waals surface area (Å²) in [4.78, 5) is 157. The van der Waals surface area contributed by atoms with Crippen molar-refractivity contribution >= 4 is 138 Å². The van der Waals surface area contributed by atoms with Crippen LogP contribution in [0.4, 0.5) is 0 Å². The molecule has 1 aromatic carbocycles. The molecule has 105 heavy (non-hydrogen) atoms. The summed E-state index contributed by atoms with van der Waals surface area (Å²) >= 11 is 5.32. The maximum atomic E-state index is 15.2. The maximum Gasteiger partial charge on any atom is 0.358 e. The second-order valence-electron chi connectivity index (χ2n) is 24.9. The Morgan fingerprint density at radius 3 is 2.23 bits per heavy atom. The molecule has 0 spiro atoms. The monoisotopic (exact) mass is 1560 g/mol. The van der Waals surface area contributed by atoms with Gasteiger partial charge in [-0.25, -0.2) is 39.5 Å². The number of nitrogens with zero attached hydrogens (tertiary/aromatic N) is 8. The van der Waals surface area contributed by atoms with Gasteiger partial charge >= 0.3 is 17.9 Å². The van der Waals surface area contributed by atoms with E-state index < -0.39 is 157 Å². The number of nitrogens with two attached hydrogens (primary N) is 2. The molecular weight excluding hydrogens is 1490 g/mol. The molecule has 35 nitrogen and oxygen atoms in total. The molecule has 1 fully saturated rings. The van der Waals surface area contributed by atoms with Crippen molar-refractivity contribution in [1.82, 2.24) is 66.1 Å². The highest BCUT2D eigenvalue weighted by Crippen LogP contribution is 2.43. The molecule has 0 radical (unpaired) electrons. The molecule has 4 aliphatic rings. The van der Waals surface area contributed by atoms with Gasteiger partial charge in [-0.2, -0.15) is 16.5 Å². The van der Waals surface area contributed by atoms with Gasteiger partial charge in [0.1, 0.15) is 132 Å². The Balaban J connectivity index is 1.01. The van der Waals surface area contributed by atoms with Crippen LogP contribution in [0, 0.1) is 0 Å². The van der Waals surface area contributed by atoms with Crippen molar-refractivity contribution in [2.45, 2.75) is 120 Å². The number of aromatic hydroxyl groups is 1. The van der Waals surface area contributed by atoms with Gasteiger partial charge in [0.05, 0.1) is 43.1 Å². The molecule has 1 saturated heterocycles. The second kappa shape index (κ2) is 30.9. The molecule has 6 amide bonds. The summed E-state index contributed by atoms with van der Waals surface area (Å²) in [6.45, 7) is 4.14. The first-order valence-corrected chi connectivity index (χ1v) is 37.4. The number of carboxylic acid groups (broad SMARTS) is 1. The van der Waals surface area contributed by atoms with Crippen LogP contribution < -0.4 is 38.1 Å². The van der Waals surface area contributed by atoms with Gasteiger partial charge in [-0.1, -0.05) is 12.1 Å². The third-order valence-corrected chi connectivity index (χ3v) is 22.9. The first kappa shape index (κ1) is 75.2. The van der Waals surface area contributed by atoms with E-state index in [1.165, 1.54) is 60.0 Å². The average Bonchev–Trinajstić information content (AvgIpc) is 1.63. The SMILES string of the molecule is CO/C(C)=C1/NC(=O)[C@H]([C@@H](C)O)NC(=O)c2csc(n2)-c2cc(O)c(-c3nc(C(=O)NC(CSC[C@H](N)C(=O)O)C(N)=O)cs3)nc2-c2csc(n2)[C@@H]2COC(=O)c3c4c5c(cccc5n3O)COC(=O)[C@@H](O[C@H]3C[C@](C)(O)[C@H](N(C)C)[C@H](C)O3)[C@@H](OC4)[C@H](NC(=O)c3csc1n3)c1nc(cs1)C(=O)N2. The summed E-state index contributed by atoms with van der Waals surface area (Å²) in [6.07, 6.45) is -7.65. The Bertz CT molecular complexity index is 4790. The number of methoxy groups -OCH3 is 1. The number of hydrogen-bond acceptors (Lipinski definition) is 33. The number of fused-ring (bicyclic) bond motifs is 15. The van der Waals surface area contributed by atoms with Crippen LogP contribution in [0.2, 0.25) is 0 Å². The predicted octanol–water partition coefficient (Wildman–Crippen LogP) is 2.89. The number of nitrogens with one attached hydrogen (secondary N) is 5. The number of hydrogen-bond donors (Lipinski definition) is 12. The van der Waals surface area contributed by atoms with Crippen LogP contribution >= 0.6 is 68.4 Å². The number of benzene rings is 1. The van der Waals surface area contributed by atoms with Crippen molar-refractivity contribution in [3.05, 3.63) is 112 Å². The number of aromatic nitrogens is 7. The molecule has 14 N–H and O–H groups in total. The van der Waals surface area contributed by atoms with Crippen molar-refractivity contribution < 1.29 is 97.2 Å². The van der Waals surface area contributed by atoms with Gasteiger partial charge in [0, 0.05) is 61.3 Å². The van der Waals surface area contributed by atoms with Crippen molar-refractivity contribution in [2.75, 3.05) is 39.3 Å². The summed E-state index contributed by atoms with van der Waals surface area (Å²) in [5.41, 5.74) is 8.03. The van der Waals surface area contributed by atoms with Gasteiger partial charge in [0.15, 0.2) is 18.1 Å². The molecular formula is C64H67N15O20S6. The number of thiazole rings is 5. The second-order valence-corrected chi connectivity index (χ2v) is 30.4. The Kier molecular flexibility index (Phi) is 22.1. The average molecular weight is 1560 g/mol. The van der Waals surface area contributed by atoms with E-state index in [4.69, 9.17) is 54.8 Å². The standard InChI is InChI=1S/C64H67N15O20S6/c1-23(80)41-55(87)76-42(24(2)94-7)58-71-36(22-103-58)54(86)77-45-47-48(99-39-12-64(4,92)49(78(5)6)25(3)98-39)63(91)96-13-26-9-8-10-37-40(26)28(14-95-47)46(79(37)93)62(90)97-15-30(67-51(83)33-21-105-60(45)73-33)57-69-31(18-102-57)43-27(56-70-35(19-101-56)53(85)75-41)11-38(81)44(74-43)59-72-34(20-104-59)52(84)68-32(50(66)82)17-100-16-29(65)61(88)89/h8-11,18-23,25,29-30,32,39,41,45,47-49,80-81,92-93H,12-17,65H2,1-7H3,(H2,66,82)(H,67,83)(H,68,84)(H,75,85)(H,76,87)(H,77,86)(H,88,89)/b42-24+/t23-,25+,29+,30+,32?,39+,41+,45+,47+,48+,49-,64+/m1/s1. The first-order valence-electron chi connectivity index (χ1n) is 31.8. The van der Waals surface area contributed by atoms with Crippen molar-refractivity contribution in [3.63, 3.8) is 0 Å². The zero-order chi connectivity index (χ0) is 75.2. The highest BCUT2D eigenvalue weighted by atomic mass is 32.2. The smallest absolute Gasteiger partial charge is 0.358 e. The Labute approximate surface area is 618 Å². The highest BCUT2D eigenvalue weighted by Gasteiger charge is 2.50. The van der Waals surface area contributed by atoms with Crippen LogP contribution in [0.5, 0.6) is 5.75 Å². The Morgan fingerprint density at radius 2 is 1.52 bits per heavy atom. The van der Waals surface area contributed by atoms with E-state index in [2.05, 4.69) is 41.5 Å². The Hall–Kier alpha value is -9.50. The summed E-state index contributed by atoms with van der Waals surface area (Å²) in [6, 6.07) is -2.07. The fraction of sp³-hybridized carbons (Fsp3) is 0.391. The number of pyridine rings is 1. The maximum absolute atomic E-state index is 15.2. The van der Waals surface area contributed by atoms with E-state index in [0.29, 0.717) is 4.73 Å². The number of esters is 2. The topological polar surface area (TPSA) is 508 Å². The lowest BCUT2D eigenvalue weighted by Crippen LogP contribution is -2.62. The fourth-order valence-corrected chi connectivity index (χ4v) is 17.5. The number of thioether (sulfide) groups is 1. The van der Waals surface area contributed by atoms with E-state index in [1.54, 1.807) is 45.0 Å². The first-order chi connectivity index (χ1) is 50.0. The molecule has 8 aromatic rings. The van der Waals surface area contributed by atoms with Crippen molar-refractivity contribution in [2.24, 2.45) is 11.5 Å². The van der Waals surface area contributed by atoms with Crippen LogP contribution in [0.1, 0.15) is 125 Å². The molecule has 7 aromatic heterocycles. The zero-order valence-electron chi connectivity index (χ0n) is 56.3. The minimum atomic E-state index is -1.94. The Morgan fingerprint density at radius 1 is 0.857 bits per heavy atom. The number of aliphatic carboxylic acids is 1. The molecule has 554 valence electrons. The van der Waals surface area contributed by atoms with Gasteiger partial charge in [0.2, 0.25) is 11.8 Å². The number of rotatable bonds is 14. The summed E-state index contributed by atoms with van der Waals surface area (Å²) < 4.78 is 38.2. The van der Waals surface area contributed by atoms with E-state index in [0.717, 1.165) is 68.4 Å². The lowest BCUT2D eigenvalue weighted by atomic mass is 9.85. The number of aliphatic hydroxyl groups excluding tert-OH is 1. The summed E-state index contributed by atoms with van der Waals surface area (Å²) in [5.74, 6) is -9.93. The molecule has 12 bridgehead atoms. The minimum absolute atomic E-state index is 0.00621. The fourth-order valence-electron chi connectivity index (χ4n) is 12.3. The molecule has 12 atom stereocenters. The number of carbonyl (C=O) groups is 9. The van der Waals surface area contributed by atoms with Crippen molar-refractivity contribution in [3.8, 4) is 38.4 Å². The molecule has 11 heterocycles. The number of amides is 6. The predicted molar refractivity (Wildman–Crippen MR) is 378 cm³/mol. The third kappa shape index (κ3) is 15.6. The van der Waals surface area contributed by atoms with E-state index in [9.17, 15) is 49.6 Å². The largest absolute Gasteiger partial charge is 0.506 e. The van der Waals surface area contributed by atoms with Gasteiger partial charge in [-0.05, 0) is 59.5 Å². The number of carbonyl (C=O) groups excluding carboxylic acids is 8. The van der Waals surface area contributed by atoms with Crippen LogP contribution in [0.15, 0.2) is 56.9 Å². The molecule has 1 unspecified atom stereocenters. The normalized spacial score (nSPS) is 23.8. The lowest BCUT2D eigenvalue weighted by molar-refractivity contribution is -0.280. The highest BCUT2D eigenvalue weighted by molar-refractivity contribution is 7.99. The molecule has 4 aliphatic heterocycles. The number of ether oxygens (including phenoxy) is 6. The van der Waals surface area contributed by atoms with E-state index in [1.807, 2.05) is 0 Å². The number of primary amides is 1. The summed E-state index contributed by atoms with van der Waals surface area (Å²) in [7, 11) is 4.82. The van der Waals surface area contributed by atoms with Crippen LogP contribution in [-0.4, -0.2) is 218 Å². The van der Waals surface area contributed by atoms with Crippen LogP contribution in [-0.2, 0) is 60.8 Å². The lowest BCUT2D eigenvalue weighted by Gasteiger charge is -2.48. The van der Waals surface area contributed by atoms with Gasteiger partial charge < -0.3 is 97.0 Å². The van der Waals surface area contributed by atoms with Gasteiger partial charge in [-0.15, -0.1) is 56.7 Å². The van der Waals surface area contributed by atoms with Gasteiger partial charge in [0.25, 0.3) is 23.6 Å². The quantitative estimate of drug-likeness (QED) is 0.0423. The third-order valence-electron chi connectivity index (χ3n) is 17.3. The number of likely N-dealkylation sites (N-methyl/N-ethyl adjacent to an activating group) is 1. The van der Waals surface area contributed by atoms with Gasteiger partial charge in [-0.3, -0.25) is 33.6 Å². The summed E-state index contributed by atoms with van der Waals surface area (Å²) in [5, 5.41) is 76.8. The number of carboxylic acids is 1. The molecule has 12 rings (SSSR count). The molecule has 0 aliphatic carbocycles.